The number of imidazole rings is 1. The predicted octanol–water partition coefficient (Wildman–Crippen LogP) is 1.06. The van der Waals surface area contributed by atoms with Crippen molar-refractivity contribution in [3.63, 3.8) is 0 Å². The van der Waals surface area contributed by atoms with Gasteiger partial charge in [-0.25, -0.2) is 13.4 Å². The summed E-state index contributed by atoms with van der Waals surface area (Å²) in [6, 6.07) is 6.21. The summed E-state index contributed by atoms with van der Waals surface area (Å²) in [5.41, 5.74) is 0.672. The number of aromatic nitrogens is 2. The van der Waals surface area contributed by atoms with Crippen molar-refractivity contribution in [3.8, 4) is 0 Å². The van der Waals surface area contributed by atoms with Crippen molar-refractivity contribution >= 4 is 27.4 Å². The first-order valence-electron chi connectivity index (χ1n) is 8.08. The normalized spacial score (nSPS) is 11.2. The Morgan fingerprint density at radius 3 is 2.69 bits per heavy atom. The molecule has 1 aromatic heterocycles. The predicted molar refractivity (Wildman–Crippen MR) is 98.5 cm³/mol. The molecular weight excluding hydrogens is 356 g/mol. The molecule has 0 spiro atoms. The van der Waals surface area contributed by atoms with Gasteiger partial charge >= 0.3 is 0 Å². The monoisotopic (exact) mass is 378 g/mol. The maximum Gasteiger partial charge on any atom is 0.240 e. The molecule has 0 atom stereocenters. The highest BCUT2D eigenvalue weighted by Gasteiger charge is 2.21. The average Bonchev–Trinajstić information content (AvgIpc) is 3.09. The molecule has 0 saturated carbocycles. The second-order valence-electron chi connectivity index (χ2n) is 5.88. The van der Waals surface area contributed by atoms with Crippen LogP contribution < -0.4 is 9.62 Å². The molecule has 1 N–H and O–H groups in total. The highest BCUT2D eigenvalue weighted by Crippen LogP contribution is 2.19. The van der Waals surface area contributed by atoms with Crippen LogP contribution in [0.15, 0.2) is 43.0 Å². The van der Waals surface area contributed by atoms with Crippen LogP contribution in [-0.2, 0) is 21.4 Å². The quantitative estimate of drug-likeness (QED) is 0.519. The number of nitrogens with one attached hydrogen (secondary N) is 1. The zero-order valence-corrected chi connectivity index (χ0v) is 15.6. The summed E-state index contributed by atoms with van der Waals surface area (Å²) < 4.78 is 27.1. The van der Waals surface area contributed by atoms with Gasteiger partial charge in [-0.05, 0) is 25.5 Å². The SMILES string of the molecule is CC(=O)c1cccc(N(CC(=O)NCCCn2ccnc2)S(C)(=O)=O)c1. The van der Waals surface area contributed by atoms with Crippen LogP contribution in [0.1, 0.15) is 23.7 Å². The largest absolute Gasteiger partial charge is 0.354 e. The molecule has 1 aromatic carbocycles. The van der Waals surface area contributed by atoms with Gasteiger partial charge in [0.1, 0.15) is 6.54 Å². The molecule has 2 rings (SSSR count). The first-order chi connectivity index (χ1) is 12.3. The molecule has 0 aliphatic heterocycles. The Hall–Kier alpha value is -2.68. The third-order valence-electron chi connectivity index (χ3n) is 3.70. The van der Waals surface area contributed by atoms with E-state index in [1.807, 2.05) is 10.8 Å². The fourth-order valence-electron chi connectivity index (χ4n) is 2.37. The molecule has 0 aliphatic carbocycles. The van der Waals surface area contributed by atoms with Gasteiger partial charge in [-0.1, -0.05) is 12.1 Å². The van der Waals surface area contributed by atoms with E-state index in [9.17, 15) is 18.0 Å². The van der Waals surface area contributed by atoms with Gasteiger partial charge in [0.15, 0.2) is 5.78 Å². The molecule has 1 heterocycles. The molecule has 8 nitrogen and oxygen atoms in total. The average molecular weight is 378 g/mol. The zero-order chi connectivity index (χ0) is 19.2. The van der Waals surface area contributed by atoms with Crippen molar-refractivity contribution in [1.29, 1.82) is 0 Å². The van der Waals surface area contributed by atoms with E-state index in [1.54, 1.807) is 30.7 Å². The number of ketones is 1. The van der Waals surface area contributed by atoms with Crippen molar-refractivity contribution in [2.45, 2.75) is 19.9 Å². The Bertz CT molecular complexity index is 863. The summed E-state index contributed by atoms with van der Waals surface area (Å²) in [6.45, 7) is 2.18. The number of sulfonamides is 1. The van der Waals surface area contributed by atoms with E-state index >= 15 is 0 Å². The van der Waals surface area contributed by atoms with Crippen molar-refractivity contribution in [2.24, 2.45) is 0 Å². The number of Topliss-reactive ketones (excluding diaryl/α,β-unsaturated/α-hetero) is 1. The number of carbonyl (C=O) groups excluding carboxylic acids is 2. The van der Waals surface area contributed by atoms with Gasteiger partial charge in [0.25, 0.3) is 0 Å². The number of nitrogens with zero attached hydrogens (tertiary/aromatic N) is 3. The number of amides is 1. The molecule has 0 saturated heterocycles. The van der Waals surface area contributed by atoms with E-state index in [4.69, 9.17) is 0 Å². The molecule has 26 heavy (non-hydrogen) atoms. The molecule has 0 fully saturated rings. The lowest BCUT2D eigenvalue weighted by Crippen LogP contribution is -2.40. The Kier molecular flexibility index (Phi) is 6.51. The van der Waals surface area contributed by atoms with Crippen molar-refractivity contribution in [2.75, 3.05) is 23.7 Å². The Morgan fingerprint density at radius 1 is 1.31 bits per heavy atom. The van der Waals surface area contributed by atoms with E-state index < -0.39 is 15.9 Å². The van der Waals surface area contributed by atoms with E-state index in [0.29, 0.717) is 25.1 Å². The lowest BCUT2D eigenvalue weighted by molar-refractivity contribution is -0.119. The number of carbonyl (C=O) groups is 2. The van der Waals surface area contributed by atoms with E-state index in [2.05, 4.69) is 10.3 Å². The number of aryl methyl sites for hydroxylation is 1. The molecule has 2 aromatic rings. The van der Waals surface area contributed by atoms with Crippen molar-refractivity contribution in [3.05, 3.63) is 48.5 Å². The van der Waals surface area contributed by atoms with Gasteiger partial charge in [-0.2, -0.15) is 0 Å². The molecule has 140 valence electrons. The molecule has 1 amide bonds. The number of rotatable bonds is 9. The minimum Gasteiger partial charge on any atom is -0.354 e. The van der Waals surface area contributed by atoms with Gasteiger partial charge in [0.2, 0.25) is 15.9 Å². The summed E-state index contributed by atoms with van der Waals surface area (Å²) in [4.78, 5) is 27.6. The van der Waals surface area contributed by atoms with Crippen molar-refractivity contribution in [1.82, 2.24) is 14.9 Å². The molecule has 0 bridgehead atoms. The molecular formula is C17H22N4O4S. The van der Waals surface area contributed by atoms with E-state index in [-0.39, 0.29) is 18.0 Å². The van der Waals surface area contributed by atoms with E-state index in [1.165, 1.54) is 13.0 Å². The minimum atomic E-state index is -3.67. The van der Waals surface area contributed by atoms with Crippen LogP contribution >= 0.6 is 0 Å². The van der Waals surface area contributed by atoms with Gasteiger partial charge in [-0.3, -0.25) is 13.9 Å². The minimum absolute atomic E-state index is 0.177. The fraction of sp³-hybridized carbons (Fsp3) is 0.353. The van der Waals surface area contributed by atoms with Gasteiger partial charge in [0.05, 0.1) is 18.3 Å². The molecule has 0 unspecified atom stereocenters. The molecule has 9 heteroatoms. The van der Waals surface area contributed by atoms with Gasteiger partial charge in [0, 0.05) is 31.0 Å². The number of hydrogen-bond donors (Lipinski definition) is 1. The first kappa shape index (κ1) is 19.6. The first-order valence-corrected chi connectivity index (χ1v) is 9.93. The zero-order valence-electron chi connectivity index (χ0n) is 14.8. The maximum atomic E-state index is 12.2. The Labute approximate surface area is 152 Å². The van der Waals surface area contributed by atoms with Crippen LogP contribution in [0, 0.1) is 0 Å². The van der Waals surface area contributed by atoms with Crippen LogP contribution in [0.2, 0.25) is 0 Å². The third kappa shape index (κ3) is 5.69. The Balaban J connectivity index is 1.98. The summed E-state index contributed by atoms with van der Waals surface area (Å²) in [6.07, 6.45) is 6.92. The fourth-order valence-corrected chi connectivity index (χ4v) is 3.22. The van der Waals surface area contributed by atoms with Crippen LogP contribution in [0.25, 0.3) is 0 Å². The second-order valence-corrected chi connectivity index (χ2v) is 7.79. The lowest BCUT2D eigenvalue weighted by atomic mass is 10.1. The van der Waals surface area contributed by atoms with E-state index in [0.717, 1.165) is 10.6 Å². The summed E-state index contributed by atoms with van der Waals surface area (Å²) >= 11 is 0. The smallest absolute Gasteiger partial charge is 0.240 e. The lowest BCUT2D eigenvalue weighted by Gasteiger charge is -2.22. The Morgan fingerprint density at radius 2 is 2.08 bits per heavy atom. The van der Waals surface area contributed by atoms with Crippen LogP contribution in [0.5, 0.6) is 0 Å². The second kappa shape index (κ2) is 8.61. The molecule has 0 radical (unpaired) electrons. The highest BCUT2D eigenvalue weighted by atomic mass is 32.2. The highest BCUT2D eigenvalue weighted by molar-refractivity contribution is 7.92. The summed E-state index contributed by atoms with van der Waals surface area (Å²) in [7, 11) is -3.67. The summed E-state index contributed by atoms with van der Waals surface area (Å²) in [5, 5.41) is 2.71. The summed E-state index contributed by atoms with van der Waals surface area (Å²) in [5.74, 6) is -0.585. The standard InChI is InChI=1S/C17H22N4O4S/c1-14(22)15-5-3-6-16(11-15)21(26(2,24)25)12-17(23)19-7-4-9-20-10-8-18-13-20/h3,5-6,8,10-11,13H,4,7,9,12H2,1-2H3,(H,19,23). The van der Waals surface area contributed by atoms with Crippen LogP contribution in [-0.4, -0.2) is 49.0 Å². The van der Waals surface area contributed by atoms with Gasteiger partial charge in [-0.15, -0.1) is 0 Å². The third-order valence-corrected chi connectivity index (χ3v) is 4.84. The molecule has 0 aliphatic rings. The topological polar surface area (TPSA) is 101 Å². The number of hydrogen-bond acceptors (Lipinski definition) is 5. The van der Waals surface area contributed by atoms with Crippen LogP contribution in [0.4, 0.5) is 5.69 Å². The number of benzene rings is 1. The number of anilines is 1. The van der Waals surface area contributed by atoms with Crippen LogP contribution in [0.3, 0.4) is 0 Å². The van der Waals surface area contributed by atoms with Gasteiger partial charge < -0.3 is 9.88 Å². The van der Waals surface area contributed by atoms with Crippen molar-refractivity contribution < 1.29 is 18.0 Å². The maximum absolute atomic E-state index is 12.2.